The van der Waals surface area contributed by atoms with Crippen LogP contribution >= 0.6 is 0 Å². The van der Waals surface area contributed by atoms with Gasteiger partial charge in [-0.05, 0) is 12.6 Å². The molecule has 1 heterocycles. The summed E-state index contributed by atoms with van der Waals surface area (Å²) in [6, 6.07) is 4.66. The van der Waals surface area contributed by atoms with Gasteiger partial charge in [-0.1, -0.05) is 6.07 Å². The van der Waals surface area contributed by atoms with Gasteiger partial charge in [0.15, 0.2) is 6.61 Å². The SMILES string of the molecule is NCCc1cccc(OCC(F)(F)F)n1. The first-order chi connectivity index (χ1) is 7.01. The molecule has 0 atom stereocenters. The van der Waals surface area contributed by atoms with Crippen molar-refractivity contribution in [3.8, 4) is 5.88 Å². The van der Waals surface area contributed by atoms with Crippen molar-refractivity contribution in [3.63, 3.8) is 0 Å². The number of halogens is 3. The lowest BCUT2D eigenvalue weighted by molar-refractivity contribution is -0.154. The summed E-state index contributed by atoms with van der Waals surface area (Å²) in [5.74, 6) is -0.0294. The van der Waals surface area contributed by atoms with Crippen molar-refractivity contribution in [1.29, 1.82) is 0 Å². The highest BCUT2D eigenvalue weighted by Crippen LogP contribution is 2.17. The minimum atomic E-state index is -4.34. The Morgan fingerprint density at radius 2 is 2.07 bits per heavy atom. The lowest BCUT2D eigenvalue weighted by Gasteiger charge is -2.08. The van der Waals surface area contributed by atoms with Gasteiger partial charge in [-0.2, -0.15) is 13.2 Å². The molecule has 0 aromatic carbocycles. The molecule has 0 fully saturated rings. The lowest BCUT2D eigenvalue weighted by Crippen LogP contribution is -2.19. The number of nitrogens with zero attached hydrogens (tertiary/aromatic N) is 1. The maximum absolute atomic E-state index is 11.8. The summed E-state index contributed by atoms with van der Waals surface area (Å²) in [5.41, 5.74) is 5.92. The second kappa shape index (κ2) is 4.97. The molecule has 0 aliphatic carbocycles. The van der Waals surface area contributed by atoms with E-state index >= 15 is 0 Å². The molecule has 0 saturated heterocycles. The van der Waals surface area contributed by atoms with E-state index in [4.69, 9.17) is 5.73 Å². The first-order valence-corrected chi connectivity index (χ1v) is 4.37. The van der Waals surface area contributed by atoms with Gasteiger partial charge in [0.25, 0.3) is 0 Å². The number of alkyl halides is 3. The van der Waals surface area contributed by atoms with Crippen LogP contribution in [0.15, 0.2) is 18.2 Å². The molecule has 0 saturated carbocycles. The molecule has 0 aliphatic heterocycles. The van der Waals surface area contributed by atoms with Crippen molar-refractivity contribution < 1.29 is 17.9 Å². The van der Waals surface area contributed by atoms with Gasteiger partial charge in [-0.25, -0.2) is 4.98 Å². The maximum Gasteiger partial charge on any atom is 0.422 e. The van der Waals surface area contributed by atoms with Gasteiger partial charge in [0.05, 0.1) is 0 Å². The molecule has 15 heavy (non-hydrogen) atoms. The zero-order valence-corrected chi connectivity index (χ0v) is 7.92. The topological polar surface area (TPSA) is 48.1 Å². The summed E-state index contributed by atoms with van der Waals surface area (Å²) < 4.78 is 39.9. The summed E-state index contributed by atoms with van der Waals surface area (Å²) in [5, 5.41) is 0. The number of hydrogen-bond donors (Lipinski definition) is 1. The van der Waals surface area contributed by atoms with Crippen molar-refractivity contribution in [3.05, 3.63) is 23.9 Å². The van der Waals surface area contributed by atoms with Crippen LogP contribution in [-0.2, 0) is 6.42 Å². The Hall–Kier alpha value is -1.30. The van der Waals surface area contributed by atoms with Gasteiger partial charge < -0.3 is 10.5 Å². The van der Waals surface area contributed by atoms with Crippen molar-refractivity contribution in [2.75, 3.05) is 13.2 Å². The number of ether oxygens (including phenoxy) is 1. The molecule has 3 nitrogen and oxygen atoms in total. The number of rotatable bonds is 4. The highest BCUT2D eigenvalue weighted by atomic mass is 19.4. The van der Waals surface area contributed by atoms with Gasteiger partial charge in [0, 0.05) is 18.2 Å². The number of aromatic nitrogens is 1. The van der Waals surface area contributed by atoms with Crippen LogP contribution in [0.3, 0.4) is 0 Å². The van der Waals surface area contributed by atoms with Crippen molar-refractivity contribution in [2.24, 2.45) is 5.73 Å². The van der Waals surface area contributed by atoms with Gasteiger partial charge in [0.2, 0.25) is 5.88 Å². The number of nitrogens with two attached hydrogens (primary N) is 1. The van der Waals surface area contributed by atoms with E-state index in [1.807, 2.05) is 0 Å². The fourth-order valence-corrected chi connectivity index (χ4v) is 0.981. The van der Waals surface area contributed by atoms with Gasteiger partial charge >= 0.3 is 6.18 Å². The predicted molar refractivity (Wildman–Crippen MR) is 48.5 cm³/mol. The maximum atomic E-state index is 11.8. The highest BCUT2D eigenvalue weighted by Gasteiger charge is 2.28. The molecular weight excluding hydrogens is 209 g/mol. The van der Waals surface area contributed by atoms with Gasteiger partial charge in [-0.15, -0.1) is 0 Å². The van der Waals surface area contributed by atoms with E-state index in [9.17, 15) is 13.2 Å². The van der Waals surface area contributed by atoms with E-state index in [-0.39, 0.29) is 5.88 Å². The fourth-order valence-electron chi connectivity index (χ4n) is 0.981. The average Bonchev–Trinajstić information content (AvgIpc) is 2.15. The molecular formula is C9H11F3N2O. The van der Waals surface area contributed by atoms with Crippen LogP contribution in [-0.4, -0.2) is 24.3 Å². The van der Waals surface area contributed by atoms with Crippen LogP contribution in [0.4, 0.5) is 13.2 Å². The zero-order chi connectivity index (χ0) is 11.3. The Kier molecular flexibility index (Phi) is 3.90. The molecule has 2 N–H and O–H groups in total. The molecule has 0 aliphatic rings. The second-order valence-corrected chi connectivity index (χ2v) is 2.91. The molecule has 1 aromatic heterocycles. The van der Waals surface area contributed by atoms with Crippen LogP contribution in [0.2, 0.25) is 0 Å². The molecule has 1 aromatic rings. The van der Waals surface area contributed by atoms with Crippen LogP contribution in [0.1, 0.15) is 5.69 Å². The van der Waals surface area contributed by atoms with Crippen LogP contribution < -0.4 is 10.5 Å². The largest absolute Gasteiger partial charge is 0.468 e. The first kappa shape index (κ1) is 11.8. The zero-order valence-electron chi connectivity index (χ0n) is 7.92. The molecule has 84 valence electrons. The van der Waals surface area contributed by atoms with E-state index < -0.39 is 12.8 Å². The molecule has 0 radical (unpaired) electrons. The standard InChI is InChI=1S/C9H11F3N2O/c10-9(11,12)6-15-8-3-1-2-7(14-8)4-5-13/h1-3H,4-6,13H2. The Labute approximate surface area is 85.1 Å². The summed E-state index contributed by atoms with van der Waals surface area (Å²) in [7, 11) is 0. The third-order valence-corrected chi connectivity index (χ3v) is 1.57. The normalized spacial score (nSPS) is 11.5. The van der Waals surface area contributed by atoms with Crippen molar-refractivity contribution in [1.82, 2.24) is 4.98 Å². The number of hydrogen-bond acceptors (Lipinski definition) is 3. The predicted octanol–water partition coefficient (Wildman–Crippen LogP) is 1.52. The van der Waals surface area contributed by atoms with E-state index in [2.05, 4.69) is 9.72 Å². The van der Waals surface area contributed by atoms with Crippen molar-refractivity contribution >= 4 is 0 Å². The molecule has 0 unspecified atom stereocenters. The minimum Gasteiger partial charge on any atom is -0.468 e. The Balaban J connectivity index is 2.57. The summed E-state index contributed by atoms with van der Waals surface area (Å²) in [6.45, 7) is -0.929. The lowest BCUT2D eigenvalue weighted by atomic mass is 10.3. The third-order valence-electron chi connectivity index (χ3n) is 1.57. The molecule has 6 heteroatoms. The monoisotopic (exact) mass is 220 g/mol. The minimum absolute atomic E-state index is 0.0294. The quantitative estimate of drug-likeness (QED) is 0.836. The van der Waals surface area contributed by atoms with Crippen LogP contribution in [0, 0.1) is 0 Å². The average molecular weight is 220 g/mol. The van der Waals surface area contributed by atoms with Crippen LogP contribution in [0.5, 0.6) is 5.88 Å². The molecule has 1 rings (SSSR count). The van der Waals surface area contributed by atoms with Crippen molar-refractivity contribution in [2.45, 2.75) is 12.6 Å². The van der Waals surface area contributed by atoms with E-state index in [1.54, 1.807) is 12.1 Å². The second-order valence-electron chi connectivity index (χ2n) is 2.91. The fraction of sp³-hybridized carbons (Fsp3) is 0.444. The Morgan fingerprint density at radius 1 is 1.33 bits per heavy atom. The Bertz CT molecular complexity index is 314. The third kappa shape index (κ3) is 4.64. The Morgan fingerprint density at radius 3 is 2.67 bits per heavy atom. The number of pyridine rings is 1. The summed E-state index contributed by atoms with van der Waals surface area (Å²) in [6.07, 6.45) is -3.82. The van der Waals surface area contributed by atoms with E-state index in [0.717, 1.165) is 0 Å². The van der Waals surface area contributed by atoms with Gasteiger partial charge in [0.1, 0.15) is 0 Å². The van der Waals surface area contributed by atoms with E-state index in [0.29, 0.717) is 18.7 Å². The molecule has 0 bridgehead atoms. The van der Waals surface area contributed by atoms with E-state index in [1.165, 1.54) is 6.07 Å². The van der Waals surface area contributed by atoms with Crippen LogP contribution in [0.25, 0.3) is 0 Å². The highest BCUT2D eigenvalue weighted by molar-refractivity contribution is 5.16. The summed E-state index contributed by atoms with van der Waals surface area (Å²) in [4.78, 5) is 3.86. The summed E-state index contributed by atoms with van der Waals surface area (Å²) >= 11 is 0. The smallest absolute Gasteiger partial charge is 0.422 e. The molecule has 0 spiro atoms. The van der Waals surface area contributed by atoms with Gasteiger partial charge in [-0.3, -0.25) is 0 Å². The molecule has 0 amide bonds. The first-order valence-electron chi connectivity index (χ1n) is 4.37.